The molecule has 2 aliphatic heterocycles. The third-order valence-corrected chi connectivity index (χ3v) is 7.14. The zero-order valence-electron chi connectivity index (χ0n) is 17.1. The van der Waals surface area contributed by atoms with E-state index in [0.29, 0.717) is 35.9 Å². The summed E-state index contributed by atoms with van der Waals surface area (Å²) in [6, 6.07) is 14.5. The minimum absolute atomic E-state index is 0.138. The quantitative estimate of drug-likeness (QED) is 0.737. The van der Waals surface area contributed by atoms with Gasteiger partial charge in [-0.05, 0) is 67.3 Å². The number of likely N-dealkylation sites (tertiary alicyclic amines) is 2. The zero-order valence-corrected chi connectivity index (χ0v) is 17.1. The van der Waals surface area contributed by atoms with E-state index in [-0.39, 0.29) is 5.92 Å². The van der Waals surface area contributed by atoms with Crippen molar-refractivity contribution < 1.29 is 13.6 Å². The van der Waals surface area contributed by atoms with Gasteiger partial charge >= 0.3 is 0 Å². The van der Waals surface area contributed by atoms with Crippen molar-refractivity contribution in [2.75, 3.05) is 19.6 Å². The number of nitrogens with zero attached hydrogens (tertiary/aromatic N) is 2. The van der Waals surface area contributed by atoms with Crippen molar-refractivity contribution in [2.24, 2.45) is 11.8 Å². The van der Waals surface area contributed by atoms with Crippen molar-refractivity contribution in [1.29, 1.82) is 0 Å². The lowest BCUT2D eigenvalue weighted by atomic mass is 9.83. The molecular formula is C25H28F2N2O. The van der Waals surface area contributed by atoms with E-state index in [4.69, 9.17) is 0 Å². The molecule has 2 saturated heterocycles. The van der Waals surface area contributed by atoms with E-state index in [1.54, 1.807) is 0 Å². The van der Waals surface area contributed by atoms with Crippen LogP contribution in [-0.2, 0) is 11.3 Å². The van der Waals surface area contributed by atoms with Crippen molar-refractivity contribution >= 4 is 5.91 Å². The lowest BCUT2D eigenvalue weighted by molar-refractivity contribution is -0.136. The fraction of sp³-hybridized carbons (Fsp3) is 0.480. The number of piperidine rings is 2. The number of carbonyl (C=O) groups is 1. The van der Waals surface area contributed by atoms with Gasteiger partial charge in [0.2, 0.25) is 5.91 Å². The summed E-state index contributed by atoms with van der Waals surface area (Å²) in [7, 11) is 0. The van der Waals surface area contributed by atoms with Crippen LogP contribution in [0.5, 0.6) is 0 Å². The number of amides is 1. The molecule has 0 unspecified atom stereocenters. The van der Waals surface area contributed by atoms with Crippen molar-refractivity contribution in [2.45, 2.75) is 44.2 Å². The molecule has 1 amide bonds. The molecule has 2 aromatic rings. The Kier molecular flexibility index (Phi) is 5.32. The maximum absolute atomic E-state index is 13.6. The van der Waals surface area contributed by atoms with E-state index in [9.17, 15) is 13.6 Å². The van der Waals surface area contributed by atoms with Gasteiger partial charge in [-0.15, -0.1) is 0 Å². The molecule has 0 aromatic heterocycles. The van der Waals surface area contributed by atoms with Crippen LogP contribution in [0.3, 0.4) is 0 Å². The van der Waals surface area contributed by atoms with Crippen LogP contribution < -0.4 is 0 Å². The van der Waals surface area contributed by atoms with Gasteiger partial charge in [0.1, 0.15) is 11.6 Å². The number of rotatable bonds is 4. The van der Waals surface area contributed by atoms with Crippen LogP contribution in [0.25, 0.3) is 0 Å². The van der Waals surface area contributed by atoms with Gasteiger partial charge in [0, 0.05) is 37.7 Å². The largest absolute Gasteiger partial charge is 0.342 e. The Balaban J connectivity index is 1.21. The SMILES string of the molecule is O=C([C@@H]1C[C@H]1c1ccccc1)N1CC[C@H]2[C@H](CCCN2Cc2cc(F)cc(F)c2)C1. The van der Waals surface area contributed by atoms with Gasteiger partial charge in [0.15, 0.2) is 0 Å². The minimum atomic E-state index is -0.517. The number of hydrogen-bond donors (Lipinski definition) is 0. The molecule has 0 spiro atoms. The second kappa shape index (κ2) is 8.10. The fourth-order valence-corrected chi connectivity index (χ4v) is 5.61. The maximum Gasteiger partial charge on any atom is 0.226 e. The zero-order chi connectivity index (χ0) is 20.7. The highest BCUT2D eigenvalue weighted by Gasteiger charge is 2.47. The molecule has 4 atom stereocenters. The number of hydrogen-bond acceptors (Lipinski definition) is 2. The Morgan fingerprint density at radius 3 is 2.53 bits per heavy atom. The summed E-state index contributed by atoms with van der Waals surface area (Å²) >= 11 is 0. The molecule has 5 heteroatoms. The standard InChI is InChI=1S/C25H28F2N2O/c26-20-11-17(12-21(27)13-20)15-28-9-4-7-19-16-29(10-8-24(19)28)25(30)23-14-22(23)18-5-2-1-3-6-18/h1-3,5-6,11-13,19,22-24H,4,7-10,14-16H2/t19-,22+,23-,24+/m1/s1. The van der Waals surface area contributed by atoms with E-state index in [2.05, 4.69) is 21.9 Å². The smallest absolute Gasteiger partial charge is 0.226 e. The molecule has 1 aliphatic carbocycles. The Labute approximate surface area is 176 Å². The van der Waals surface area contributed by atoms with E-state index in [0.717, 1.165) is 51.4 Å². The normalized spacial score (nSPS) is 28.8. The molecule has 3 aliphatic rings. The summed E-state index contributed by atoms with van der Waals surface area (Å²) in [6.45, 7) is 3.12. The molecule has 1 saturated carbocycles. The van der Waals surface area contributed by atoms with Gasteiger partial charge in [-0.2, -0.15) is 0 Å². The van der Waals surface area contributed by atoms with Crippen LogP contribution >= 0.6 is 0 Å². The molecular weight excluding hydrogens is 382 g/mol. The molecule has 2 aromatic carbocycles. The van der Waals surface area contributed by atoms with Crippen LogP contribution in [0, 0.1) is 23.5 Å². The van der Waals surface area contributed by atoms with Crippen molar-refractivity contribution in [3.05, 3.63) is 71.3 Å². The van der Waals surface area contributed by atoms with Gasteiger partial charge in [-0.25, -0.2) is 8.78 Å². The van der Waals surface area contributed by atoms with E-state index in [1.165, 1.54) is 17.7 Å². The highest BCUT2D eigenvalue weighted by Crippen LogP contribution is 2.49. The molecule has 3 fully saturated rings. The third-order valence-electron chi connectivity index (χ3n) is 7.14. The Morgan fingerprint density at radius 1 is 1.00 bits per heavy atom. The first-order valence-corrected chi connectivity index (χ1v) is 11.1. The second-order valence-electron chi connectivity index (χ2n) is 9.15. The first-order valence-electron chi connectivity index (χ1n) is 11.1. The summed E-state index contributed by atoms with van der Waals surface area (Å²) < 4.78 is 27.2. The Bertz CT molecular complexity index is 898. The summed E-state index contributed by atoms with van der Waals surface area (Å²) in [5, 5.41) is 0. The van der Waals surface area contributed by atoms with Gasteiger partial charge in [-0.3, -0.25) is 9.69 Å². The Hall–Kier alpha value is -2.27. The predicted octanol–water partition coefficient (Wildman–Crippen LogP) is 4.58. The van der Waals surface area contributed by atoms with Gasteiger partial charge in [-0.1, -0.05) is 30.3 Å². The topological polar surface area (TPSA) is 23.6 Å². The first kappa shape index (κ1) is 19.7. The molecule has 0 radical (unpaired) electrons. The Morgan fingerprint density at radius 2 is 1.77 bits per heavy atom. The fourth-order valence-electron chi connectivity index (χ4n) is 5.61. The van der Waals surface area contributed by atoms with E-state index >= 15 is 0 Å². The van der Waals surface area contributed by atoms with Crippen LogP contribution in [0.1, 0.15) is 42.7 Å². The monoisotopic (exact) mass is 410 g/mol. The van der Waals surface area contributed by atoms with Gasteiger partial charge < -0.3 is 4.90 Å². The molecule has 158 valence electrons. The highest BCUT2D eigenvalue weighted by molar-refractivity contribution is 5.83. The van der Waals surface area contributed by atoms with Crippen molar-refractivity contribution in [3.63, 3.8) is 0 Å². The van der Waals surface area contributed by atoms with Gasteiger partial charge in [0.05, 0.1) is 0 Å². The van der Waals surface area contributed by atoms with Gasteiger partial charge in [0.25, 0.3) is 0 Å². The highest BCUT2D eigenvalue weighted by atomic mass is 19.1. The van der Waals surface area contributed by atoms with E-state index in [1.807, 2.05) is 18.2 Å². The average molecular weight is 411 g/mol. The summed E-state index contributed by atoms with van der Waals surface area (Å²) in [6.07, 6.45) is 4.09. The van der Waals surface area contributed by atoms with Crippen LogP contribution in [-0.4, -0.2) is 41.4 Å². The number of carbonyl (C=O) groups excluding carboxylic acids is 1. The molecule has 2 heterocycles. The third kappa shape index (κ3) is 4.00. The molecule has 30 heavy (non-hydrogen) atoms. The molecule has 5 rings (SSSR count). The van der Waals surface area contributed by atoms with E-state index < -0.39 is 11.6 Å². The van der Waals surface area contributed by atoms with Crippen molar-refractivity contribution in [1.82, 2.24) is 9.80 Å². The number of fused-ring (bicyclic) bond motifs is 1. The summed E-state index contributed by atoms with van der Waals surface area (Å²) in [5.74, 6) is 0.240. The minimum Gasteiger partial charge on any atom is -0.342 e. The number of halogens is 2. The molecule has 0 N–H and O–H groups in total. The van der Waals surface area contributed by atoms with Crippen LogP contribution in [0.4, 0.5) is 8.78 Å². The van der Waals surface area contributed by atoms with Crippen LogP contribution in [0.2, 0.25) is 0 Å². The summed E-state index contributed by atoms with van der Waals surface area (Å²) in [5.41, 5.74) is 1.97. The number of benzene rings is 2. The van der Waals surface area contributed by atoms with Crippen molar-refractivity contribution in [3.8, 4) is 0 Å². The second-order valence-corrected chi connectivity index (χ2v) is 9.15. The lowest BCUT2D eigenvalue weighted by Crippen LogP contribution is -2.55. The predicted molar refractivity (Wildman–Crippen MR) is 112 cm³/mol. The average Bonchev–Trinajstić information content (AvgIpc) is 3.54. The first-order chi connectivity index (χ1) is 14.6. The maximum atomic E-state index is 13.6. The van der Waals surface area contributed by atoms with Crippen LogP contribution in [0.15, 0.2) is 48.5 Å². The molecule has 0 bridgehead atoms. The summed E-state index contributed by atoms with van der Waals surface area (Å²) in [4.78, 5) is 17.5. The molecule has 3 nitrogen and oxygen atoms in total. The lowest BCUT2D eigenvalue weighted by Gasteiger charge is -2.47.